The number of aliphatic hydroxyl groups excluding tert-OH is 1. The Morgan fingerprint density at radius 1 is 0.847 bits per heavy atom. The highest BCUT2D eigenvalue weighted by atomic mass is 16.5. The van der Waals surface area contributed by atoms with Crippen LogP contribution in [0.5, 0.6) is 0 Å². The van der Waals surface area contributed by atoms with Crippen molar-refractivity contribution >= 4 is 35.3 Å². The number of nitrogens with one attached hydrogen (secondary N) is 5. The van der Waals surface area contributed by atoms with Crippen molar-refractivity contribution in [2.45, 2.75) is 117 Å². The second-order valence-electron chi connectivity index (χ2n) is 18.9. The Kier molecular flexibility index (Phi) is 24.4. The predicted molar refractivity (Wildman–Crippen MR) is 280 cm³/mol. The van der Waals surface area contributed by atoms with Gasteiger partial charge in [0.1, 0.15) is 18.1 Å². The third-order valence-electron chi connectivity index (χ3n) is 13.8. The molecule has 0 bridgehead atoms. The number of fused-ring (bicyclic) bond motifs is 1. The first kappa shape index (κ1) is 57.5. The number of carbonyl (C=O) groups excluding carboxylic acids is 5. The zero-order valence-corrected chi connectivity index (χ0v) is 43.9. The molecule has 0 radical (unpaired) electrons. The van der Waals surface area contributed by atoms with Crippen LogP contribution in [-0.4, -0.2) is 197 Å². The van der Waals surface area contributed by atoms with Crippen LogP contribution in [-0.2, 0) is 43.5 Å². The van der Waals surface area contributed by atoms with Crippen LogP contribution in [0.4, 0.5) is 5.69 Å². The van der Waals surface area contributed by atoms with E-state index in [1.54, 1.807) is 40.4 Å². The Hall–Kier alpha value is -5.44. The van der Waals surface area contributed by atoms with Gasteiger partial charge in [0.25, 0.3) is 5.91 Å². The minimum Gasteiger partial charge on any atom is -0.469 e. The highest BCUT2D eigenvalue weighted by molar-refractivity contribution is 5.96. The van der Waals surface area contributed by atoms with Gasteiger partial charge in [-0.1, -0.05) is 77.8 Å². The summed E-state index contributed by atoms with van der Waals surface area (Å²) in [6.07, 6.45) is 4.75. The van der Waals surface area contributed by atoms with Crippen molar-refractivity contribution in [2.24, 2.45) is 0 Å². The molecule has 1 fully saturated rings. The maximum Gasteiger partial charge on any atom is 0.308 e. The van der Waals surface area contributed by atoms with Gasteiger partial charge in [0.2, 0.25) is 17.7 Å². The number of rotatable bonds is 25. The van der Waals surface area contributed by atoms with Gasteiger partial charge in [0.15, 0.2) is 0 Å². The number of benzene rings is 2. The summed E-state index contributed by atoms with van der Waals surface area (Å²) in [4.78, 5) is 88.7. The molecule has 3 heterocycles. The minimum absolute atomic E-state index is 0.158. The molecule has 2 aliphatic heterocycles. The number of aromatic nitrogens is 2. The predicted octanol–water partition coefficient (Wildman–Crippen LogP) is 3.09. The van der Waals surface area contributed by atoms with Gasteiger partial charge in [0, 0.05) is 102 Å². The van der Waals surface area contributed by atoms with Crippen LogP contribution in [0.25, 0.3) is 0 Å². The number of aliphatic hydroxyl groups is 1. The van der Waals surface area contributed by atoms with E-state index in [1.807, 2.05) is 44.2 Å². The highest BCUT2D eigenvalue weighted by Crippen LogP contribution is 2.27. The number of carbonyl (C=O) groups is 5. The first-order valence-corrected chi connectivity index (χ1v) is 26.3. The number of hydrogen-bond acceptors (Lipinski definition) is 14. The van der Waals surface area contributed by atoms with Crippen LogP contribution in [0.3, 0.4) is 0 Å². The van der Waals surface area contributed by atoms with Crippen LogP contribution in [0.2, 0.25) is 0 Å². The van der Waals surface area contributed by atoms with Crippen molar-refractivity contribution in [3.8, 4) is 0 Å². The van der Waals surface area contributed by atoms with E-state index in [4.69, 9.17) is 4.74 Å². The van der Waals surface area contributed by atoms with Gasteiger partial charge in [-0.25, -0.2) is 4.98 Å². The molecule has 4 atom stereocenters. The van der Waals surface area contributed by atoms with Gasteiger partial charge in [-0.3, -0.25) is 34.2 Å². The summed E-state index contributed by atoms with van der Waals surface area (Å²) in [5.74, 6) is -0.883. The Morgan fingerprint density at radius 3 is 2.07 bits per heavy atom. The molecule has 1 saturated heterocycles. The lowest BCUT2D eigenvalue weighted by Gasteiger charge is -2.33. The molecular weight excluding hydrogens is 917 g/mol. The van der Waals surface area contributed by atoms with E-state index in [2.05, 4.69) is 71.6 Å². The number of aromatic amines is 1. The first-order valence-electron chi connectivity index (χ1n) is 26.3. The molecule has 4 amide bonds. The van der Waals surface area contributed by atoms with Gasteiger partial charge in [-0.15, -0.1) is 0 Å². The van der Waals surface area contributed by atoms with Crippen LogP contribution in [0.15, 0.2) is 60.9 Å². The van der Waals surface area contributed by atoms with E-state index in [-0.39, 0.29) is 62.8 Å². The number of anilines is 1. The lowest BCUT2D eigenvalue weighted by Crippen LogP contribution is -2.57. The molecule has 0 aliphatic carbocycles. The molecule has 0 spiro atoms. The number of ether oxygens (including phenoxy) is 1. The van der Waals surface area contributed by atoms with E-state index in [0.717, 1.165) is 84.0 Å². The number of methoxy groups -OCH3 is 1. The molecule has 5 rings (SSSR count). The average Bonchev–Trinajstić information content (AvgIpc) is 3.86. The van der Waals surface area contributed by atoms with Crippen LogP contribution >= 0.6 is 0 Å². The number of nitrogens with zero attached hydrogens (tertiary/aromatic N) is 7. The Balaban J connectivity index is 1.20. The third-order valence-corrected chi connectivity index (χ3v) is 13.8. The molecule has 3 aromatic rings. The maximum absolute atomic E-state index is 14.2. The zero-order chi connectivity index (χ0) is 51.8. The summed E-state index contributed by atoms with van der Waals surface area (Å²) in [5.41, 5.74) is 2.72. The van der Waals surface area contributed by atoms with E-state index in [9.17, 15) is 29.1 Å². The topological polar surface area (TPSA) is 211 Å². The van der Waals surface area contributed by atoms with Crippen molar-refractivity contribution in [1.82, 2.24) is 55.3 Å². The summed E-state index contributed by atoms with van der Waals surface area (Å²) < 4.78 is 4.94. The monoisotopic (exact) mass is 1000 g/mol. The Morgan fingerprint density at radius 2 is 1.49 bits per heavy atom. The number of hydrogen-bond donors (Lipinski definition) is 6. The van der Waals surface area contributed by atoms with Gasteiger partial charge < -0.3 is 55.3 Å². The quantitative estimate of drug-likeness (QED) is 0.0410. The molecule has 1 aromatic heterocycles. The molecule has 19 heteroatoms. The third kappa shape index (κ3) is 18.2. The normalized spacial score (nSPS) is 18.1. The smallest absolute Gasteiger partial charge is 0.308 e. The lowest BCUT2D eigenvalue weighted by atomic mass is 10.1. The minimum atomic E-state index is -1.17. The van der Waals surface area contributed by atoms with Crippen molar-refractivity contribution in [3.05, 3.63) is 83.4 Å². The fourth-order valence-electron chi connectivity index (χ4n) is 9.35. The van der Waals surface area contributed by atoms with Crippen molar-refractivity contribution in [3.63, 3.8) is 0 Å². The molecule has 0 saturated carbocycles. The van der Waals surface area contributed by atoms with Crippen molar-refractivity contribution in [2.75, 3.05) is 104 Å². The number of esters is 1. The van der Waals surface area contributed by atoms with E-state index in [1.165, 1.54) is 7.11 Å². The van der Waals surface area contributed by atoms with E-state index >= 15 is 0 Å². The fraction of sp³-hybridized carbons (Fsp3) is 0.623. The van der Waals surface area contributed by atoms with Gasteiger partial charge in [0.05, 0.1) is 38.7 Å². The standard InChI is InChI=1S/C53H84N12O7/c1-7-16-44(59-51(69)45(17-8-2)58-48(66)39-63-32-30-61(10-4)28-26-60(9-3)27-29-62(11-5)31-33-63)50(68)56-22-15-25-64-37-42-34-41(20-21-43(42)57-46(53(64)71)35-49(67)72-6)52(70)65(38-47-54-23-24-55-47)36-40-18-13-12-14-19-40/h12-14,18-21,23-24,34,44-46,51,57,59,69H,7-11,15-17,22,25-33,35-39H2,1-6H3,(H,54,55)(H,56,68)(H,58,66)/t44-,45?,46-,51+/m0/s1. The summed E-state index contributed by atoms with van der Waals surface area (Å²) in [6, 6.07) is 12.7. The SMILES string of the molecule is CCCC(NC(=O)CN1CCN(CC)CCN(CC)CCN(CC)CC1)[C@@H](O)N[C@@H](CCC)C(=O)NCCCN1Cc2cc(C(=O)N(Cc3ccccc3)Cc3ncc[nH]3)ccc2N[C@@H](CC(=O)OC)C1=O. The second kappa shape index (κ2) is 30.6. The number of amides is 4. The lowest BCUT2D eigenvalue weighted by molar-refractivity contribution is -0.144. The maximum atomic E-state index is 14.2. The van der Waals surface area contributed by atoms with Gasteiger partial charge >= 0.3 is 5.97 Å². The Bertz CT molecular complexity index is 2090. The number of likely N-dealkylation sites (N-methyl/N-ethyl adjacent to an activating group) is 3. The largest absolute Gasteiger partial charge is 0.469 e. The highest BCUT2D eigenvalue weighted by Gasteiger charge is 2.33. The van der Waals surface area contributed by atoms with Crippen LogP contribution < -0.4 is 21.3 Å². The molecule has 398 valence electrons. The number of H-pyrrole nitrogens is 1. The molecule has 1 unspecified atom stereocenters. The van der Waals surface area contributed by atoms with Crippen molar-refractivity contribution < 1.29 is 33.8 Å². The van der Waals surface area contributed by atoms with E-state index < -0.39 is 30.3 Å². The zero-order valence-electron chi connectivity index (χ0n) is 43.9. The fourth-order valence-corrected chi connectivity index (χ4v) is 9.35. The summed E-state index contributed by atoms with van der Waals surface area (Å²) in [7, 11) is 1.28. The molecule has 2 aliphatic rings. The van der Waals surface area contributed by atoms with Crippen molar-refractivity contribution in [1.29, 1.82) is 0 Å². The summed E-state index contributed by atoms with van der Waals surface area (Å²) in [5, 5.41) is 24.0. The summed E-state index contributed by atoms with van der Waals surface area (Å²) in [6.45, 7) is 22.2. The molecule has 2 aromatic carbocycles. The molecule has 6 N–H and O–H groups in total. The first-order chi connectivity index (χ1) is 34.9. The molecule has 72 heavy (non-hydrogen) atoms. The second-order valence-corrected chi connectivity index (χ2v) is 18.9. The molecule has 19 nitrogen and oxygen atoms in total. The molecular formula is C53H84N12O7. The Labute approximate surface area is 427 Å². The summed E-state index contributed by atoms with van der Waals surface area (Å²) >= 11 is 0. The van der Waals surface area contributed by atoms with Crippen LogP contribution in [0.1, 0.15) is 100 Å². The van der Waals surface area contributed by atoms with Gasteiger partial charge in [-0.2, -0.15) is 0 Å². The van der Waals surface area contributed by atoms with E-state index in [0.29, 0.717) is 54.9 Å². The average molecular weight is 1000 g/mol. The van der Waals surface area contributed by atoms with Crippen LogP contribution in [0, 0.1) is 0 Å². The number of imidazole rings is 1. The van der Waals surface area contributed by atoms with Gasteiger partial charge in [-0.05, 0) is 68.2 Å².